The highest BCUT2D eigenvalue weighted by Gasteiger charge is 2.21. The normalized spacial score (nSPS) is 13.2. The van der Waals surface area contributed by atoms with Gasteiger partial charge in [-0.2, -0.15) is 5.10 Å². The van der Waals surface area contributed by atoms with E-state index in [9.17, 15) is 14.9 Å². The molecule has 11 heteroatoms. The highest BCUT2D eigenvalue weighted by atomic mass is 16.6. The van der Waals surface area contributed by atoms with Gasteiger partial charge in [0.2, 0.25) is 0 Å². The molecule has 0 radical (unpaired) electrons. The van der Waals surface area contributed by atoms with Gasteiger partial charge in [0.25, 0.3) is 0 Å². The minimum atomic E-state index is -0.482. The molecule has 37 heavy (non-hydrogen) atoms. The smallest absolute Gasteiger partial charge is 0.323 e. The van der Waals surface area contributed by atoms with E-state index >= 15 is 0 Å². The Labute approximate surface area is 212 Å². The molecule has 0 atom stereocenters. The zero-order valence-electron chi connectivity index (χ0n) is 19.9. The number of nitro groups is 1. The number of nitrogens with zero attached hydrogens (tertiary/aromatic N) is 3. The number of aromatic nitrogens is 3. The Balaban J connectivity index is 1.25. The van der Waals surface area contributed by atoms with Crippen molar-refractivity contribution in [3.8, 4) is 0 Å². The van der Waals surface area contributed by atoms with Gasteiger partial charge < -0.3 is 21.3 Å². The van der Waals surface area contributed by atoms with Crippen molar-refractivity contribution in [3.05, 3.63) is 88.7 Å². The van der Waals surface area contributed by atoms with Crippen molar-refractivity contribution in [2.24, 2.45) is 0 Å². The lowest BCUT2D eigenvalue weighted by Crippen LogP contribution is -2.19. The lowest BCUT2D eigenvalue weighted by Gasteiger charge is -2.11. The van der Waals surface area contributed by atoms with Crippen LogP contribution in [0.1, 0.15) is 37.3 Å². The van der Waals surface area contributed by atoms with E-state index in [1.807, 2.05) is 24.3 Å². The molecule has 2 heterocycles. The Morgan fingerprint density at radius 1 is 0.892 bits per heavy atom. The summed E-state index contributed by atoms with van der Waals surface area (Å²) in [7, 11) is 0. The van der Waals surface area contributed by atoms with Crippen LogP contribution in [-0.2, 0) is 0 Å². The Kier molecular flexibility index (Phi) is 6.93. The van der Waals surface area contributed by atoms with Gasteiger partial charge in [-0.15, -0.1) is 0 Å². The Bertz CT molecular complexity index is 1380. The van der Waals surface area contributed by atoms with Crippen LogP contribution in [0.4, 0.5) is 44.9 Å². The summed E-state index contributed by atoms with van der Waals surface area (Å²) in [5.74, 6) is 1.39. The number of carbonyl (C=O) groups excluding carboxylic acids is 1. The first-order chi connectivity index (χ1) is 18.0. The minimum absolute atomic E-state index is 0.153. The van der Waals surface area contributed by atoms with Crippen molar-refractivity contribution in [3.63, 3.8) is 0 Å². The summed E-state index contributed by atoms with van der Waals surface area (Å²) in [6, 6.07) is 19.3. The number of para-hydroxylation sites is 1. The third-order valence-electron chi connectivity index (χ3n) is 6.18. The number of carbonyl (C=O) groups is 1. The third-order valence-corrected chi connectivity index (χ3v) is 6.18. The molecule has 5 N–H and O–H groups in total. The second-order valence-corrected chi connectivity index (χ2v) is 8.81. The Hall–Kier alpha value is -4.93. The molecule has 2 aromatic heterocycles. The molecule has 0 spiro atoms. The van der Waals surface area contributed by atoms with E-state index in [1.54, 1.807) is 42.5 Å². The van der Waals surface area contributed by atoms with Gasteiger partial charge in [0, 0.05) is 40.8 Å². The number of nitrogens with one attached hydrogen (secondary N) is 5. The summed E-state index contributed by atoms with van der Waals surface area (Å²) in [4.78, 5) is 27.5. The molecule has 0 aliphatic heterocycles. The van der Waals surface area contributed by atoms with E-state index in [2.05, 4.69) is 36.4 Å². The highest BCUT2D eigenvalue weighted by Crippen LogP contribution is 2.35. The van der Waals surface area contributed by atoms with Crippen LogP contribution in [0.5, 0.6) is 0 Å². The monoisotopic (exact) mass is 498 g/mol. The first-order valence-electron chi connectivity index (χ1n) is 12.0. The number of anilines is 6. The van der Waals surface area contributed by atoms with E-state index in [-0.39, 0.29) is 17.4 Å². The average Bonchev–Trinajstić information content (AvgIpc) is 3.58. The van der Waals surface area contributed by atoms with E-state index in [0.717, 1.165) is 18.5 Å². The molecule has 11 nitrogen and oxygen atoms in total. The number of urea groups is 1. The van der Waals surface area contributed by atoms with E-state index < -0.39 is 4.92 Å². The van der Waals surface area contributed by atoms with Crippen molar-refractivity contribution < 1.29 is 9.72 Å². The van der Waals surface area contributed by atoms with Gasteiger partial charge >= 0.3 is 11.7 Å². The van der Waals surface area contributed by atoms with Gasteiger partial charge in [0.15, 0.2) is 5.82 Å². The molecule has 1 aliphatic carbocycles. The SMILES string of the molecule is O=C(Nc1ccccc1)Nc1ccc(Nc2cc(Nc3cc(C4CCCC4)[nH]n3)c([N+](=O)[O-])cn2)cc1. The first-order valence-corrected chi connectivity index (χ1v) is 12.0. The average molecular weight is 499 g/mol. The van der Waals surface area contributed by atoms with Gasteiger partial charge in [-0.1, -0.05) is 31.0 Å². The van der Waals surface area contributed by atoms with Crippen LogP contribution in [0.2, 0.25) is 0 Å². The van der Waals surface area contributed by atoms with Crippen LogP contribution in [0, 0.1) is 10.1 Å². The molecule has 1 saturated carbocycles. The molecule has 1 aliphatic rings. The van der Waals surface area contributed by atoms with Crippen LogP contribution < -0.4 is 21.3 Å². The fourth-order valence-electron chi connectivity index (χ4n) is 4.35. The maximum Gasteiger partial charge on any atom is 0.323 e. The fourth-order valence-corrected chi connectivity index (χ4v) is 4.35. The first kappa shape index (κ1) is 23.8. The summed E-state index contributed by atoms with van der Waals surface area (Å²) in [5, 5.41) is 30.6. The maximum absolute atomic E-state index is 12.2. The summed E-state index contributed by atoms with van der Waals surface area (Å²) < 4.78 is 0. The number of hydrogen-bond donors (Lipinski definition) is 5. The predicted molar refractivity (Wildman–Crippen MR) is 143 cm³/mol. The molecule has 188 valence electrons. The zero-order chi connectivity index (χ0) is 25.6. The van der Waals surface area contributed by atoms with Crippen LogP contribution in [-0.4, -0.2) is 26.1 Å². The summed E-state index contributed by atoms with van der Waals surface area (Å²) in [6.07, 6.45) is 5.86. The summed E-state index contributed by atoms with van der Waals surface area (Å²) in [5.41, 5.74) is 3.17. The van der Waals surface area contributed by atoms with Crippen LogP contribution in [0.25, 0.3) is 0 Å². The number of H-pyrrole nitrogens is 1. The van der Waals surface area contributed by atoms with Gasteiger partial charge in [-0.25, -0.2) is 9.78 Å². The molecule has 1 fully saturated rings. The number of aromatic amines is 1. The van der Waals surface area contributed by atoms with Crippen molar-refractivity contribution in [1.82, 2.24) is 15.2 Å². The predicted octanol–water partition coefficient (Wildman–Crippen LogP) is 6.50. The lowest BCUT2D eigenvalue weighted by atomic mass is 10.0. The Morgan fingerprint density at radius 3 is 2.27 bits per heavy atom. The van der Waals surface area contributed by atoms with E-state index in [1.165, 1.54) is 19.0 Å². The fraction of sp³-hybridized carbons (Fsp3) is 0.192. The molecular formula is C26H26N8O3. The lowest BCUT2D eigenvalue weighted by molar-refractivity contribution is -0.384. The third kappa shape index (κ3) is 6.01. The van der Waals surface area contributed by atoms with Crippen molar-refractivity contribution in [2.75, 3.05) is 21.3 Å². The molecule has 2 amide bonds. The van der Waals surface area contributed by atoms with Crippen molar-refractivity contribution in [1.29, 1.82) is 0 Å². The minimum Gasteiger partial charge on any atom is -0.340 e. The molecular weight excluding hydrogens is 472 g/mol. The molecule has 0 bridgehead atoms. The maximum atomic E-state index is 12.2. The topological polar surface area (TPSA) is 150 Å². The van der Waals surface area contributed by atoms with Gasteiger partial charge in [-0.05, 0) is 49.2 Å². The van der Waals surface area contributed by atoms with Crippen LogP contribution >= 0.6 is 0 Å². The molecule has 0 unspecified atom stereocenters. The quantitative estimate of drug-likeness (QED) is 0.137. The zero-order valence-corrected chi connectivity index (χ0v) is 19.9. The number of amides is 2. The van der Waals surface area contributed by atoms with E-state index in [0.29, 0.717) is 34.6 Å². The summed E-state index contributed by atoms with van der Waals surface area (Å²) >= 11 is 0. The highest BCUT2D eigenvalue weighted by molar-refractivity contribution is 5.99. The van der Waals surface area contributed by atoms with Gasteiger partial charge in [0.05, 0.1) is 4.92 Å². The standard InChI is InChI=1S/C26H26N8O3/c35-26(29-18-8-2-1-3-9-18)30-20-12-10-19(11-13-20)28-24-15-22(23(16-27-24)34(36)37)31-25-14-21(32-33-25)17-6-4-5-7-17/h1-3,8-17H,4-7H2,(H2,29,30,35)(H3,27,28,31,32,33). The second-order valence-electron chi connectivity index (χ2n) is 8.81. The number of benzene rings is 2. The summed E-state index contributed by atoms with van der Waals surface area (Å²) in [6.45, 7) is 0. The van der Waals surface area contributed by atoms with Crippen LogP contribution in [0.15, 0.2) is 72.9 Å². The number of rotatable bonds is 8. The molecule has 0 saturated heterocycles. The number of hydrogen-bond acceptors (Lipinski definition) is 7. The number of pyridine rings is 1. The second kappa shape index (κ2) is 10.8. The Morgan fingerprint density at radius 2 is 1.57 bits per heavy atom. The molecule has 4 aromatic rings. The van der Waals surface area contributed by atoms with Gasteiger partial charge in [-0.3, -0.25) is 15.2 Å². The van der Waals surface area contributed by atoms with E-state index in [4.69, 9.17) is 0 Å². The van der Waals surface area contributed by atoms with Crippen LogP contribution in [0.3, 0.4) is 0 Å². The van der Waals surface area contributed by atoms with Crippen molar-refractivity contribution >= 4 is 46.1 Å². The van der Waals surface area contributed by atoms with Gasteiger partial charge in [0.1, 0.15) is 17.7 Å². The molecule has 2 aromatic carbocycles. The largest absolute Gasteiger partial charge is 0.340 e. The molecule has 5 rings (SSSR count). The van der Waals surface area contributed by atoms with Crippen molar-refractivity contribution in [2.45, 2.75) is 31.6 Å².